The molecule has 0 amide bonds. The third-order valence-electron chi connectivity index (χ3n) is 0.580. The van der Waals surface area contributed by atoms with Gasteiger partial charge in [0.25, 0.3) is 6.34 Å². The summed E-state index contributed by atoms with van der Waals surface area (Å²) in [6.07, 6.45) is 2.48. The summed E-state index contributed by atoms with van der Waals surface area (Å²) in [6.45, 7) is 0. The Kier molecular flexibility index (Phi) is 1.35. The van der Waals surface area contributed by atoms with Crippen LogP contribution >= 0.6 is 11.9 Å². The Labute approximate surface area is 50.4 Å². The summed E-state index contributed by atoms with van der Waals surface area (Å²) in [5.74, 6) is 0. The number of hydroxylamine groups is 2. The van der Waals surface area contributed by atoms with Gasteiger partial charge in [0.05, 0.1) is 9.62 Å². The maximum atomic E-state index is 8.63. The fraction of sp³-hybridized carbons (Fsp3) is 0. The van der Waals surface area contributed by atoms with E-state index in [9.17, 15) is 0 Å². The van der Waals surface area contributed by atoms with Crippen LogP contribution in [0.4, 0.5) is 0 Å². The fourth-order valence-electron chi connectivity index (χ4n) is 0.304. The number of aliphatic imine (C=N–C) groups is 1. The van der Waals surface area contributed by atoms with Crippen molar-refractivity contribution in [2.24, 2.45) is 4.99 Å². The maximum absolute atomic E-state index is 8.63. The summed E-state index contributed by atoms with van der Waals surface area (Å²) in [6, 6.07) is 0. The van der Waals surface area contributed by atoms with Crippen molar-refractivity contribution in [3.05, 3.63) is 11.6 Å². The number of hydrogen-bond acceptors (Lipinski definition) is 4. The van der Waals surface area contributed by atoms with Crippen LogP contribution in [0, 0.1) is 0 Å². The summed E-state index contributed by atoms with van der Waals surface area (Å²) in [5.41, 5.74) is 0. The van der Waals surface area contributed by atoms with Crippen LogP contribution in [-0.4, -0.2) is 21.0 Å². The van der Waals surface area contributed by atoms with Gasteiger partial charge in [-0.25, -0.2) is 4.99 Å². The van der Waals surface area contributed by atoms with Gasteiger partial charge in [-0.15, -0.1) is 0 Å². The molecule has 0 aromatic rings. The normalized spacial score (nSPS) is 23.8. The van der Waals surface area contributed by atoms with Gasteiger partial charge in [0.2, 0.25) is 0 Å². The lowest BCUT2D eigenvalue weighted by molar-refractivity contribution is -1.08. The molecule has 5 heteroatoms. The second kappa shape index (κ2) is 1.87. The van der Waals surface area contributed by atoms with E-state index in [0.717, 1.165) is 18.3 Å². The molecule has 0 fully saturated rings. The third kappa shape index (κ3) is 1.31. The molecule has 0 bridgehead atoms. The highest BCUT2D eigenvalue weighted by Crippen LogP contribution is 2.17. The topological polar surface area (TPSA) is 52.8 Å². The van der Waals surface area contributed by atoms with Crippen LogP contribution in [0.2, 0.25) is 0 Å². The van der Waals surface area contributed by atoms with Gasteiger partial charge in [0, 0.05) is 6.20 Å². The minimum absolute atomic E-state index is 0.839. The van der Waals surface area contributed by atoms with Crippen LogP contribution in [0.3, 0.4) is 0 Å². The highest BCUT2D eigenvalue weighted by Gasteiger charge is 2.22. The van der Waals surface area contributed by atoms with Gasteiger partial charge in [-0.2, -0.15) is 10.4 Å². The maximum Gasteiger partial charge on any atom is 0.270 e. The summed E-state index contributed by atoms with van der Waals surface area (Å²) in [5, 5.41) is 18.7. The zero-order valence-corrected chi connectivity index (χ0v) is 4.75. The number of rotatable bonds is 0. The predicted molar refractivity (Wildman–Crippen MR) is 29.1 cm³/mol. The summed E-state index contributed by atoms with van der Waals surface area (Å²) < 4.78 is -1.21. The SMILES string of the molecule is O[N+]1(O)C=NC=CS1. The zero-order chi connectivity index (χ0) is 6.04. The van der Waals surface area contributed by atoms with Gasteiger partial charge in [0.1, 0.15) is 0 Å². The fourth-order valence-corrected chi connectivity index (χ4v) is 0.717. The quantitative estimate of drug-likeness (QED) is 0.378. The van der Waals surface area contributed by atoms with Crippen LogP contribution in [0.1, 0.15) is 0 Å². The standard InChI is InChI=1S/C3H5N2O2S/c6-5(7)3-4-1-2-8-5/h1-3,6-7H/q+1. The Morgan fingerprint density at radius 1 is 1.50 bits per heavy atom. The van der Waals surface area contributed by atoms with Crippen molar-refractivity contribution in [1.82, 2.24) is 0 Å². The predicted octanol–water partition coefficient (Wildman–Crippen LogP) is 0.743. The lowest BCUT2D eigenvalue weighted by Gasteiger charge is -2.10. The van der Waals surface area contributed by atoms with Gasteiger partial charge in [-0.05, 0) is 0 Å². The molecule has 0 radical (unpaired) electrons. The second-order valence-corrected chi connectivity index (χ2v) is 2.26. The van der Waals surface area contributed by atoms with E-state index in [-0.39, 0.29) is 0 Å². The van der Waals surface area contributed by atoms with Crippen LogP contribution in [-0.2, 0) is 0 Å². The number of nitrogens with zero attached hydrogens (tertiary/aromatic N) is 2. The minimum Gasteiger partial charge on any atom is -0.205 e. The molecule has 1 aliphatic rings. The van der Waals surface area contributed by atoms with Crippen molar-refractivity contribution in [2.45, 2.75) is 0 Å². The van der Waals surface area contributed by atoms with Crippen molar-refractivity contribution < 1.29 is 14.6 Å². The average molecular weight is 133 g/mol. The largest absolute Gasteiger partial charge is 0.270 e. The molecule has 0 atom stereocenters. The van der Waals surface area contributed by atoms with E-state index in [1.165, 1.54) is 11.6 Å². The Balaban J connectivity index is 2.65. The van der Waals surface area contributed by atoms with Crippen molar-refractivity contribution in [3.63, 3.8) is 0 Å². The van der Waals surface area contributed by atoms with E-state index >= 15 is 0 Å². The average Bonchev–Trinajstić information content (AvgIpc) is 1.65. The molecule has 1 heterocycles. The molecule has 0 saturated carbocycles. The lowest BCUT2D eigenvalue weighted by Crippen LogP contribution is -2.31. The van der Waals surface area contributed by atoms with E-state index in [1.54, 1.807) is 0 Å². The lowest BCUT2D eigenvalue weighted by atomic mass is 11.0. The Bertz CT molecular complexity index is 142. The Hall–Kier alpha value is -0.360. The molecule has 0 aromatic heterocycles. The first-order chi connectivity index (χ1) is 3.71. The zero-order valence-electron chi connectivity index (χ0n) is 3.93. The highest BCUT2D eigenvalue weighted by molar-refractivity contribution is 7.96. The molecule has 8 heavy (non-hydrogen) atoms. The second-order valence-electron chi connectivity index (χ2n) is 1.24. The molecule has 0 aromatic carbocycles. The van der Waals surface area contributed by atoms with Gasteiger partial charge >= 0.3 is 0 Å². The van der Waals surface area contributed by atoms with Gasteiger partial charge < -0.3 is 0 Å². The molecule has 2 N–H and O–H groups in total. The van der Waals surface area contributed by atoms with Gasteiger partial charge in [0.15, 0.2) is 11.9 Å². The summed E-state index contributed by atoms with van der Waals surface area (Å²) in [4.78, 5) is 3.48. The van der Waals surface area contributed by atoms with Crippen molar-refractivity contribution >= 4 is 18.3 Å². The number of quaternary nitrogens is 1. The molecule has 1 rings (SSSR count). The van der Waals surface area contributed by atoms with Crippen LogP contribution < -0.4 is 0 Å². The van der Waals surface area contributed by atoms with Crippen molar-refractivity contribution in [1.29, 1.82) is 0 Å². The van der Waals surface area contributed by atoms with E-state index in [0.29, 0.717) is 0 Å². The highest BCUT2D eigenvalue weighted by atomic mass is 32.2. The molecule has 4 nitrogen and oxygen atoms in total. The summed E-state index contributed by atoms with van der Waals surface area (Å²) >= 11 is 0.839. The van der Waals surface area contributed by atoms with E-state index in [2.05, 4.69) is 4.99 Å². The molecular formula is C3H5N2O2S+. The van der Waals surface area contributed by atoms with Crippen LogP contribution in [0.15, 0.2) is 16.6 Å². The van der Waals surface area contributed by atoms with Crippen molar-refractivity contribution in [3.8, 4) is 0 Å². The molecular weight excluding hydrogens is 128 g/mol. The van der Waals surface area contributed by atoms with Gasteiger partial charge in [-0.3, -0.25) is 0 Å². The number of hydrogen-bond donors (Lipinski definition) is 2. The first-order valence-corrected chi connectivity index (χ1v) is 2.76. The molecule has 1 aliphatic heterocycles. The molecule has 44 valence electrons. The first-order valence-electron chi connectivity index (χ1n) is 1.93. The van der Waals surface area contributed by atoms with Crippen LogP contribution in [0.5, 0.6) is 0 Å². The molecule has 0 saturated heterocycles. The molecule has 0 spiro atoms. The molecule has 0 unspecified atom stereocenters. The third-order valence-corrected chi connectivity index (χ3v) is 1.23. The Morgan fingerprint density at radius 3 is 2.50 bits per heavy atom. The van der Waals surface area contributed by atoms with Crippen LogP contribution in [0.25, 0.3) is 0 Å². The van der Waals surface area contributed by atoms with Crippen molar-refractivity contribution in [2.75, 3.05) is 0 Å². The Morgan fingerprint density at radius 2 is 2.25 bits per heavy atom. The van der Waals surface area contributed by atoms with Gasteiger partial charge in [-0.1, -0.05) is 0 Å². The smallest absolute Gasteiger partial charge is 0.205 e. The first kappa shape index (κ1) is 5.77. The minimum atomic E-state index is -1.21. The monoisotopic (exact) mass is 133 g/mol. The van der Waals surface area contributed by atoms with E-state index < -0.39 is 4.21 Å². The van der Waals surface area contributed by atoms with E-state index in [1.807, 2.05) is 0 Å². The molecule has 0 aliphatic carbocycles. The summed E-state index contributed by atoms with van der Waals surface area (Å²) in [7, 11) is 0. The van der Waals surface area contributed by atoms with E-state index in [4.69, 9.17) is 10.4 Å².